The summed E-state index contributed by atoms with van der Waals surface area (Å²) in [7, 11) is -2.18. The lowest BCUT2D eigenvalue weighted by atomic mass is 10.1. The van der Waals surface area contributed by atoms with E-state index in [1.54, 1.807) is 73.9 Å². The van der Waals surface area contributed by atoms with Gasteiger partial charge in [-0.2, -0.15) is 0 Å². The fraction of sp³-hybridized carbons (Fsp3) is 0.143. The van der Waals surface area contributed by atoms with Crippen LogP contribution in [0.4, 0.5) is 11.4 Å². The van der Waals surface area contributed by atoms with Crippen molar-refractivity contribution in [1.29, 1.82) is 0 Å². The molecule has 0 aliphatic carbocycles. The van der Waals surface area contributed by atoms with E-state index in [9.17, 15) is 13.2 Å². The molecule has 0 aliphatic heterocycles. The number of carbonyl (C=O) groups excluding carboxylic acids is 1. The first-order chi connectivity index (χ1) is 13.3. The van der Waals surface area contributed by atoms with Crippen LogP contribution in [0.3, 0.4) is 0 Å². The molecular weight excluding hydrogens is 374 g/mol. The highest BCUT2D eigenvalue weighted by atomic mass is 32.2. The summed E-state index contributed by atoms with van der Waals surface area (Å²) in [5, 5.41) is 2.76. The van der Waals surface area contributed by atoms with Gasteiger partial charge >= 0.3 is 0 Å². The summed E-state index contributed by atoms with van der Waals surface area (Å²) in [6, 6.07) is 15.1. The Labute approximate surface area is 164 Å². The number of hydrogen-bond donors (Lipinski definition) is 1. The van der Waals surface area contributed by atoms with Crippen LogP contribution in [-0.4, -0.2) is 26.4 Å². The summed E-state index contributed by atoms with van der Waals surface area (Å²) in [6.07, 6.45) is 3.18. The van der Waals surface area contributed by atoms with Crippen molar-refractivity contribution in [2.75, 3.05) is 16.7 Å². The minimum absolute atomic E-state index is 0.221. The van der Waals surface area contributed by atoms with Gasteiger partial charge in [-0.1, -0.05) is 17.7 Å². The van der Waals surface area contributed by atoms with Gasteiger partial charge in [0.1, 0.15) is 0 Å². The predicted molar refractivity (Wildman–Crippen MR) is 110 cm³/mol. The number of nitrogens with zero attached hydrogens (tertiary/aromatic N) is 2. The molecule has 144 valence electrons. The van der Waals surface area contributed by atoms with Crippen molar-refractivity contribution < 1.29 is 13.2 Å². The maximum absolute atomic E-state index is 12.9. The molecule has 0 aliphatic rings. The number of pyridine rings is 1. The number of amides is 1. The summed E-state index contributed by atoms with van der Waals surface area (Å²) in [4.78, 5) is 16.6. The number of anilines is 2. The third-order valence-electron chi connectivity index (χ3n) is 4.40. The van der Waals surface area contributed by atoms with Crippen molar-refractivity contribution in [2.24, 2.45) is 0 Å². The minimum Gasteiger partial charge on any atom is -0.321 e. The number of aromatic nitrogens is 1. The third-order valence-corrected chi connectivity index (χ3v) is 6.18. The van der Waals surface area contributed by atoms with Crippen molar-refractivity contribution >= 4 is 27.3 Å². The van der Waals surface area contributed by atoms with Crippen LogP contribution in [0.25, 0.3) is 0 Å². The van der Waals surface area contributed by atoms with Crippen LogP contribution in [0.15, 0.2) is 71.9 Å². The SMILES string of the molecule is Cc1ccc(S(=O)(=O)N(C)c2ccc(C(=O)Nc3cccnc3)cc2C)cc1. The molecule has 2 aromatic carbocycles. The van der Waals surface area contributed by atoms with Crippen LogP contribution in [0.1, 0.15) is 21.5 Å². The van der Waals surface area contributed by atoms with Gasteiger partial charge < -0.3 is 5.32 Å². The van der Waals surface area contributed by atoms with Gasteiger partial charge in [0.2, 0.25) is 0 Å². The van der Waals surface area contributed by atoms with Gasteiger partial charge in [-0.05, 0) is 61.9 Å². The molecule has 3 rings (SSSR count). The maximum atomic E-state index is 12.9. The van der Waals surface area contributed by atoms with Gasteiger partial charge in [0, 0.05) is 18.8 Å². The molecule has 28 heavy (non-hydrogen) atoms. The number of aryl methyl sites for hydroxylation is 2. The molecule has 1 N–H and O–H groups in total. The van der Waals surface area contributed by atoms with Gasteiger partial charge in [0.05, 0.1) is 22.5 Å². The predicted octanol–water partition coefficient (Wildman–Crippen LogP) is 3.78. The first kappa shape index (κ1) is 19.6. The fourth-order valence-corrected chi connectivity index (χ4v) is 4.05. The number of nitrogens with one attached hydrogen (secondary N) is 1. The first-order valence-electron chi connectivity index (χ1n) is 8.66. The normalized spacial score (nSPS) is 11.1. The Kier molecular flexibility index (Phi) is 5.46. The molecule has 0 spiro atoms. The smallest absolute Gasteiger partial charge is 0.264 e. The van der Waals surface area contributed by atoms with Crippen LogP contribution < -0.4 is 9.62 Å². The Morgan fingerprint density at radius 3 is 2.36 bits per heavy atom. The fourth-order valence-electron chi connectivity index (χ4n) is 2.79. The molecule has 0 radical (unpaired) electrons. The Balaban J connectivity index is 1.85. The lowest BCUT2D eigenvalue weighted by molar-refractivity contribution is 0.102. The number of hydrogen-bond acceptors (Lipinski definition) is 4. The zero-order chi connectivity index (χ0) is 20.3. The average molecular weight is 395 g/mol. The van der Waals surface area contributed by atoms with Crippen LogP contribution in [-0.2, 0) is 10.0 Å². The van der Waals surface area contributed by atoms with E-state index >= 15 is 0 Å². The second kappa shape index (κ2) is 7.82. The van der Waals surface area contributed by atoms with Crippen LogP contribution in [0.5, 0.6) is 0 Å². The highest BCUT2D eigenvalue weighted by molar-refractivity contribution is 7.92. The molecule has 0 unspecified atom stereocenters. The van der Waals surface area contributed by atoms with E-state index in [1.807, 2.05) is 6.92 Å². The van der Waals surface area contributed by atoms with E-state index in [2.05, 4.69) is 10.3 Å². The molecular formula is C21H21N3O3S. The zero-order valence-electron chi connectivity index (χ0n) is 15.9. The average Bonchev–Trinajstić information content (AvgIpc) is 2.68. The Morgan fingerprint density at radius 2 is 1.75 bits per heavy atom. The lowest BCUT2D eigenvalue weighted by Crippen LogP contribution is -2.27. The second-order valence-corrected chi connectivity index (χ2v) is 8.45. The van der Waals surface area contributed by atoms with Crippen LogP contribution in [0.2, 0.25) is 0 Å². The zero-order valence-corrected chi connectivity index (χ0v) is 16.7. The van der Waals surface area contributed by atoms with E-state index in [4.69, 9.17) is 0 Å². The maximum Gasteiger partial charge on any atom is 0.264 e. The van der Waals surface area contributed by atoms with Crippen molar-refractivity contribution in [3.8, 4) is 0 Å². The topological polar surface area (TPSA) is 79.4 Å². The number of sulfonamides is 1. The van der Waals surface area contributed by atoms with Crippen molar-refractivity contribution in [3.05, 3.63) is 83.7 Å². The van der Waals surface area contributed by atoms with E-state index in [1.165, 1.54) is 11.4 Å². The van der Waals surface area contributed by atoms with E-state index < -0.39 is 10.0 Å². The Bertz CT molecular complexity index is 1100. The molecule has 0 bridgehead atoms. The molecule has 1 aromatic heterocycles. The van der Waals surface area contributed by atoms with Crippen LogP contribution in [0, 0.1) is 13.8 Å². The summed E-state index contributed by atoms with van der Waals surface area (Å²) in [5.74, 6) is -0.285. The molecule has 0 atom stereocenters. The summed E-state index contributed by atoms with van der Waals surface area (Å²) in [5.41, 5.74) is 3.21. The van der Waals surface area contributed by atoms with Gasteiger partial charge in [-0.15, -0.1) is 0 Å². The third kappa shape index (κ3) is 4.04. The molecule has 6 nitrogen and oxygen atoms in total. The largest absolute Gasteiger partial charge is 0.321 e. The van der Waals surface area contributed by atoms with Gasteiger partial charge in [0.25, 0.3) is 15.9 Å². The first-order valence-corrected chi connectivity index (χ1v) is 10.1. The number of carbonyl (C=O) groups is 1. The van der Waals surface area contributed by atoms with E-state index in [0.717, 1.165) is 5.56 Å². The minimum atomic E-state index is -3.69. The highest BCUT2D eigenvalue weighted by Crippen LogP contribution is 2.26. The summed E-state index contributed by atoms with van der Waals surface area (Å²) < 4.78 is 27.0. The monoisotopic (exact) mass is 395 g/mol. The van der Waals surface area contributed by atoms with Gasteiger partial charge in [-0.25, -0.2) is 8.42 Å². The Hall–Kier alpha value is -3.19. The number of benzene rings is 2. The van der Waals surface area contributed by atoms with Crippen LogP contribution >= 0.6 is 0 Å². The molecule has 1 heterocycles. The van der Waals surface area contributed by atoms with Crippen molar-refractivity contribution in [1.82, 2.24) is 4.98 Å². The molecule has 0 fully saturated rings. The molecule has 0 saturated carbocycles. The second-order valence-electron chi connectivity index (χ2n) is 6.48. The standard InChI is InChI=1S/C21H21N3O3S/c1-15-6-9-19(10-7-15)28(26,27)24(3)20-11-8-17(13-16(20)2)21(25)23-18-5-4-12-22-14-18/h4-14H,1-3H3,(H,23,25). The summed E-state index contributed by atoms with van der Waals surface area (Å²) in [6.45, 7) is 3.68. The molecule has 1 amide bonds. The quantitative estimate of drug-likeness (QED) is 0.713. The molecule has 3 aromatic rings. The van der Waals surface area contributed by atoms with Gasteiger partial charge in [0.15, 0.2) is 0 Å². The Morgan fingerprint density at radius 1 is 1.04 bits per heavy atom. The van der Waals surface area contributed by atoms with E-state index in [-0.39, 0.29) is 10.8 Å². The van der Waals surface area contributed by atoms with E-state index in [0.29, 0.717) is 22.5 Å². The molecule has 7 heteroatoms. The van der Waals surface area contributed by atoms with Gasteiger partial charge in [-0.3, -0.25) is 14.1 Å². The highest BCUT2D eigenvalue weighted by Gasteiger charge is 2.23. The number of rotatable bonds is 5. The molecule has 0 saturated heterocycles. The summed E-state index contributed by atoms with van der Waals surface area (Å²) >= 11 is 0. The lowest BCUT2D eigenvalue weighted by Gasteiger charge is -2.22. The van der Waals surface area contributed by atoms with Crippen molar-refractivity contribution in [2.45, 2.75) is 18.7 Å². The van der Waals surface area contributed by atoms with Crippen molar-refractivity contribution in [3.63, 3.8) is 0 Å².